The fourth-order valence-electron chi connectivity index (χ4n) is 2.09. The van der Waals surface area contributed by atoms with E-state index >= 15 is 0 Å². The van der Waals surface area contributed by atoms with Crippen molar-refractivity contribution >= 4 is 23.2 Å². The molecule has 1 unspecified atom stereocenters. The Morgan fingerprint density at radius 2 is 2.00 bits per heavy atom. The molecule has 4 heteroatoms. The van der Waals surface area contributed by atoms with Gasteiger partial charge in [0, 0.05) is 6.04 Å². The van der Waals surface area contributed by atoms with Crippen LogP contribution in [0.15, 0.2) is 18.2 Å². The van der Waals surface area contributed by atoms with Crippen LogP contribution in [0.5, 0.6) is 5.75 Å². The molecule has 2 rings (SSSR count). The SMILES string of the molecule is Clc1cccc(Cl)c1OCCC1CCCCN1. The van der Waals surface area contributed by atoms with Crippen LogP contribution >= 0.6 is 23.2 Å². The number of hydrogen-bond acceptors (Lipinski definition) is 2. The van der Waals surface area contributed by atoms with E-state index in [2.05, 4.69) is 5.32 Å². The molecule has 17 heavy (non-hydrogen) atoms. The molecule has 1 fully saturated rings. The van der Waals surface area contributed by atoms with Gasteiger partial charge in [-0.25, -0.2) is 0 Å². The number of piperidine rings is 1. The standard InChI is InChI=1S/C13H17Cl2NO/c14-11-5-3-6-12(15)13(11)17-9-7-10-4-1-2-8-16-10/h3,5-6,10,16H,1-2,4,7-9H2. The molecule has 1 aromatic rings. The molecule has 0 amide bonds. The predicted octanol–water partition coefficient (Wildman–Crippen LogP) is 3.90. The average Bonchev–Trinajstić information content (AvgIpc) is 2.34. The van der Waals surface area contributed by atoms with E-state index in [4.69, 9.17) is 27.9 Å². The van der Waals surface area contributed by atoms with E-state index < -0.39 is 0 Å². The summed E-state index contributed by atoms with van der Waals surface area (Å²) in [5, 5.41) is 4.64. The van der Waals surface area contributed by atoms with Crippen molar-refractivity contribution in [3.8, 4) is 5.75 Å². The molecule has 0 spiro atoms. The van der Waals surface area contributed by atoms with E-state index in [-0.39, 0.29) is 0 Å². The lowest BCUT2D eigenvalue weighted by Crippen LogP contribution is -2.35. The van der Waals surface area contributed by atoms with Crippen LogP contribution in [0.4, 0.5) is 0 Å². The van der Waals surface area contributed by atoms with Gasteiger partial charge in [0.25, 0.3) is 0 Å². The summed E-state index contributed by atoms with van der Waals surface area (Å²) in [4.78, 5) is 0. The Kier molecular flexibility index (Phi) is 4.96. The smallest absolute Gasteiger partial charge is 0.156 e. The minimum Gasteiger partial charge on any atom is -0.490 e. The molecule has 2 nitrogen and oxygen atoms in total. The Labute approximate surface area is 112 Å². The summed E-state index contributed by atoms with van der Waals surface area (Å²) in [5.41, 5.74) is 0. The maximum absolute atomic E-state index is 6.03. The minimum atomic E-state index is 0.574. The van der Waals surface area contributed by atoms with Crippen molar-refractivity contribution in [3.63, 3.8) is 0 Å². The van der Waals surface area contributed by atoms with Crippen LogP contribution in [-0.2, 0) is 0 Å². The van der Waals surface area contributed by atoms with Crippen molar-refractivity contribution in [2.75, 3.05) is 13.2 Å². The number of nitrogens with one attached hydrogen (secondary N) is 1. The van der Waals surface area contributed by atoms with Gasteiger partial charge < -0.3 is 10.1 Å². The number of ether oxygens (including phenoxy) is 1. The largest absolute Gasteiger partial charge is 0.490 e. The van der Waals surface area contributed by atoms with Gasteiger partial charge >= 0.3 is 0 Å². The summed E-state index contributed by atoms with van der Waals surface area (Å²) in [6, 6.07) is 5.98. The first-order valence-electron chi connectivity index (χ1n) is 6.07. The second-order valence-corrected chi connectivity index (χ2v) is 5.15. The third kappa shape index (κ3) is 3.77. The normalized spacial score (nSPS) is 20.2. The molecular formula is C13H17Cl2NO. The van der Waals surface area contributed by atoms with Crippen LogP contribution in [0.25, 0.3) is 0 Å². The quantitative estimate of drug-likeness (QED) is 0.899. The summed E-state index contributed by atoms with van der Waals surface area (Å²) in [6.45, 7) is 1.78. The van der Waals surface area contributed by atoms with Gasteiger partial charge in [-0.15, -0.1) is 0 Å². The van der Waals surface area contributed by atoms with E-state index in [1.807, 2.05) is 6.07 Å². The highest BCUT2D eigenvalue weighted by atomic mass is 35.5. The lowest BCUT2D eigenvalue weighted by molar-refractivity contribution is 0.268. The second-order valence-electron chi connectivity index (χ2n) is 4.33. The fourth-order valence-corrected chi connectivity index (χ4v) is 2.60. The van der Waals surface area contributed by atoms with Crippen LogP contribution in [0.2, 0.25) is 10.0 Å². The number of hydrogen-bond donors (Lipinski definition) is 1. The molecule has 0 radical (unpaired) electrons. The molecule has 1 saturated heterocycles. The zero-order valence-electron chi connectivity index (χ0n) is 9.72. The first-order valence-corrected chi connectivity index (χ1v) is 6.83. The summed E-state index contributed by atoms with van der Waals surface area (Å²) >= 11 is 12.1. The number of halogens is 2. The van der Waals surface area contributed by atoms with Crippen molar-refractivity contribution in [1.82, 2.24) is 5.32 Å². The Bertz CT molecular complexity index is 344. The first-order chi connectivity index (χ1) is 8.27. The first kappa shape index (κ1) is 13.0. The molecule has 0 bridgehead atoms. The molecule has 94 valence electrons. The van der Waals surface area contributed by atoms with Crippen LogP contribution in [0.3, 0.4) is 0 Å². The average molecular weight is 274 g/mol. The molecule has 0 saturated carbocycles. The van der Waals surface area contributed by atoms with Gasteiger partial charge in [0.05, 0.1) is 16.7 Å². The van der Waals surface area contributed by atoms with Gasteiger partial charge in [-0.05, 0) is 37.9 Å². The highest BCUT2D eigenvalue weighted by Gasteiger charge is 2.13. The lowest BCUT2D eigenvalue weighted by Gasteiger charge is -2.23. The molecule has 1 aliphatic heterocycles. The van der Waals surface area contributed by atoms with Gasteiger partial charge in [0.2, 0.25) is 0 Å². The van der Waals surface area contributed by atoms with Crippen molar-refractivity contribution in [2.24, 2.45) is 0 Å². The predicted molar refractivity (Wildman–Crippen MR) is 72.2 cm³/mol. The van der Waals surface area contributed by atoms with E-state index in [1.165, 1.54) is 19.3 Å². The Morgan fingerprint density at radius 3 is 2.65 bits per heavy atom. The third-order valence-electron chi connectivity index (χ3n) is 3.04. The lowest BCUT2D eigenvalue weighted by atomic mass is 10.0. The molecule has 1 atom stereocenters. The van der Waals surface area contributed by atoms with E-state index in [1.54, 1.807) is 12.1 Å². The summed E-state index contributed by atoms with van der Waals surface area (Å²) < 4.78 is 5.67. The topological polar surface area (TPSA) is 21.3 Å². The minimum absolute atomic E-state index is 0.574. The highest BCUT2D eigenvalue weighted by molar-refractivity contribution is 6.37. The number of benzene rings is 1. The van der Waals surface area contributed by atoms with Gasteiger partial charge in [-0.2, -0.15) is 0 Å². The second kappa shape index (κ2) is 6.48. The maximum atomic E-state index is 6.03. The molecule has 1 heterocycles. The zero-order valence-corrected chi connectivity index (χ0v) is 11.2. The van der Waals surface area contributed by atoms with E-state index in [0.717, 1.165) is 13.0 Å². The van der Waals surface area contributed by atoms with Crippen LogP contribution in [0, 0.1) is 0 Å². The monoisotopic (exact) mass is 273 g/mol. The Hall–Kier alpha value is -0.440. The number of rotatable bonds is 4. The van der Waals surface area contributed by atoms with Gasteiger partial charge in [0.15, 0.2) is 5.75 Å². The van der Waals surface area contributed by atoms with Crippen molar-refractivity contribution in [1.29, 1.82) is 0 Å². The molecular weight excluding hydrogens is 257 g/mol. The van der Waals surface area contributed by atoms with Crippen LogP contribution in [-0.4, -0.2) is 19.2 Å². The highest BCUT2D eigenvalue weighted by Crippen LogP contribution is 2.32. The summed E-state index contributed by atoms with van der Waals surface area (Å²) in [7, 11) is 0. The van der Waals surface area contributed by atoms with E-state index in [9.17, 15) is 0 Å². The molecule has 1 N–H and O–H groups in total. The van der Waals surface area contributed by atoms with Gasteiger partial charge in [-0.1, -0.05) is 35.7 Å². The van der Waals surface area contributed by atoms with Crippen LogP contribution < -0.4 is 10.1 Å². The molecule has 0 aliphatic carbocycles. The van der Waals surface area contributed by atoms with Crippen molar-refractivity contribution < 1.29 is 4.74 Å². The Morgan fingerprint density at radius 1 is 1.24 bits per heavy atom. The zero-order chi connectivity index (χ0) is 12.1. The van der Waals surface area contributed by atoms with Crippen molar-refractivity contribution in [3.05, 3.63) is 28.2 Å². The maximum Gasteiger partial charge on any atom is 0.156 e. The fraction of sp³-hybridized carbons (Fsp3) is 0.538. The number of para-hydroxylation sites is 1. The molecule has 0 aromatic heterocycles. The van der Waals surface area contributed by atoms with Crippen molar-refractivity contribution in [2.45, 2.75) is 31.7 Å². The van der Waals surface area contributed by atoms with E-state index in [0.29, 0.717) is 28.4 Å². The molecule has 1 aliphatic rings. The third-order valence-corrected chi connectivity index (χ3v) is 3.64. The summed E-state index contributed by atoms with van der Waals surface area (Å²) in [5.74, 6) is 0.603. The Balaban J connectivity index is 1.81. The van der Waals surface area contributed by atoms with Gasteiger partial charge in [0.1, 0.15) is 0 Å². The van der Waals surface area contributed by atoms with Crippen LogP contribution in [0.1, 0.15) is 25.7 Å². The molecule has 1 aromatic carbocycles. The van der Waals surface area contributed by atoms with Gasteiger partial charge in [-0.3, -0.25) is 0 Å². The summed E-state index contributed by atoms with van der Waals surface area (Å²) in [6.07, 6.45) is 4.83.